The topological polar surface area (TPSA) is 103 Å². The van der Waals surface area contributed by atoms with Crippen LogP contribution >= 0.6 is 0 Å². The Morgan fingerprint density at radius 1 is 1.19 bits per heavy atom. The van der Waals surface area contributed by atoms with Crippen molar-refractivity contribution in [3.05, 3.63) is 71.6 Å². The molecule has 0 bridgehead atoms. The zero-order valence-electron chi connectivity index (χ0n) is 20.7. The molecule has 1 aliphatic rings. The Morgan fingerprint density at radius 3 is 2.68 bits per heavy atom. The van der Waals surface area contributed by atoms with E-state index in [0.29, 0.717) is 40.5 Å². The molecule has 1 aliphatic heterocycles. The first-order valence-corrected chi connectivity index (χ1v) is 12.2. The van der Waals surface area contributed by atoms with E-state index in [-0.39, 0.29) is 23.6 Å². The molecule has 5 rings (SSSR count). The first-order chi connectivity index (χ1) is 17.6. The number of fused-ring (bicyclic) bond motifs is 1. The molecule has 9 heteroatoms. The van der Waals surface area contributed by atoms with Crippen LogP contribution in [0.4, 0.5) is 14.6 Å². The van der Waals surface area contributed by atoms with Gasteiger partial charge in [0, 0.05) is 49.1 Å². The van der Waals surface area contributed by atoms with Crippen molar-refractivity contribution in [2.45, 2.75) is 44.8 Å². The third kappa shape index (κ3) is 4.90. The lowest BCUT2D eigenvalue weighted by molar-refractivity contribution is 0.0809. The van der Waals surface area contributed by atoms with E-state index in [1.807, 2.05) is 6.07 Å². The van der Waals surface area contributed by atoms with Gasteiger partial charge in [-0.2, -0.15) is 5.26 Å². The van der Waals surface area contributed by atoms with Crippen LogP contribution in [0.1, 0.15) is 37.8 Å². The molecule has 1 fully saturated rings. The van der Waals surface area contributed by atoms with Gasteiger partial charge in [-0.25, -0.2) is 18.7 Å². The van der Waals surface area contributed by atoms with Crippen molar-refractivity contribution in [3.8, 4) is 28.6 Å². The fourth-order valence-electron chi connectivity index (χ4n) is 4.96. The summed E-state index contributed by atoms with van der Waals surface area (Å²) in [5.41, 5.74) is 7.80. The van der Waals surface area contributed by atoms with Gasteiger partial charge in [0.25, 0.3) is 0 Å². The molecule has 190 valence electrons. The predicted molar refractivity (Wildman–Crippen MR) is 138 cm³/mol. The zero-order chi connectivity index (χ0) is 26.3. The van der Waals surface area contributed by atoms with E-state index < -0.39 is 17.2 Å². The fraction of sp³-hybridized carbons (Fsp3) is 0.321. The van der Waals surface area contributed by atoms with Gasteiger partial charge >= 0.3 is 0 Å². The number of halogens is 2. The smallest absolute Gasteiger partial charge is 0.181 e. The highest BCUT2D eigenvalue weighted by atomic mass is 19.1. The van der Waals surface area contributed by atoms with E-state index in [2.05, 4.69) is 9.88 Å². The summed E-state index contributed by atoms with van der Waals surface area (Å²) in [6.07, 6.45) is 5.48. The average Bonchev–Trinajstić information content (AvgIpc) is 3.22. The minimum absolute atomic E-state index is 0.0121. The summed E-state index contributed by atoms with van der Waals surface area (Å²) in [5, 5.41) is 19.3. The predicted octanol–water partition coefficient (Wildman–Crippen LogP) is 4.45. The average molecular weight is 503 g/mol. The summed E-state index contributed by atoms with van der Waals surface area (Å²) in [7, 11) is 0. The maximum absolute atomic E-state index is 15.6. The molecule has 7 nitrogen and oxygen atoms in total. The minimum atomic E-state index is -0.988. The first-order valence-electron chi connectivity index (χ1n) is 12.2. The number of nitrogens with two attached hydrogens (primary N) is 1. The molecule has 0 saturated carbocycles. The Bertz CT molecular complexity index is 1520. The van der Waals surface area contributed by atoms with E-state index >= 15 is 4.39 Å². The normalized spacial score (nSPS) is 16.2. The maximum atomic E-state index is 15.6. The number of piperidine rings is 1. The maximum Gasteiger partial charge on any atom is 0.181 e. The van der Waals surface area contributed by atoms with Gasteiger partial charge in [0.15, 0.2) is 11.5 Å². The fourth-order valence-corrected chi connectivity index (χ4v) is 4.96. The molecular formula is C28H28F2N6O. The zero-order valence-corrected chi connectivity index (χ0v) is 20.7. The molecule has 0 aliphatic carbocycles. The molecule has 3 heterocycles. The van der Waals surface area contributed by atoms with Crippen LogP contribution in [0.25, 0.3) is 28.2 Å². The molecule has 37 heavy (non-hydrogen) atoms. The molecule has 0 spiro atoms. The van der Waals surface area contributed by atoms with Crippen molar-refractivity contribution in [2.24, 2.45) is 5.73 Å². The van der Waals surface area contributed by atoms with Crippen molar-refractivity contribution in [3.63, 3.8) is 0 Å². The number of imidazole rings is 1. The summed E-state index contributed by atoms with van der Waals surface area (Å²) in [6.45, 7) is 4.73. The van der Waals surface area contributed by atoms with Crippen LogP contribution in [0.2, 0.25) is 0 Å². The lowest BCUT2D eigenvalue weighted by Gasteiger charge is -2.31. The molecule has 0 radical (unpaired) electrons. The molecule has 2 aromatic carbocycles. The summed E-state index contributed by atoms with van der Waals surface area (Å²) < 4.78 is 32.0. The largest absolute Gasteiger partial charge is 0.390 e. The minimum Gasteiger partial charge on any atom is -0.390 e. The van der Waals surface area contributed by atoms with Crippen LogP contribution in [0.5, 0.6) is 0 Å². The Labute approximate surface area is 213 Å². The van der Waals surface area contributed by atoms with E-state index in [4.69, 9.17) is 10.7 Å². The third-order valence-electron chi connectivity index (χ3n) is 6.57. The van der Waals surface area contributed by atoms with Crippen molar-refractivity contribution in [1.82, 2.24) is 14.4 Å². The SMILES string of the molecule is CC(C)(O)Cc1ccc(-c2c(-c3ccc(C#N)c(F)c3)nc3c(N4CCCC(N)C4)nccn23)c(F)c1. The van der Waals surface area contributed by atoms with E-state index in [9.17, 15) is 14.8 Å². The standard InChI is InChI=1S/C28H28F2N6O/c1-28(2,37)14-17-5-8-21(23(30)12-17)25-24(18-6-7-19(15-31)22(29)13-18)34-27-26(33-9-11-36(25)27)35-10-3-4-20(32)16-35/h5-9,11-13,20,37H,3-4,10,14,16,32H2,1-2H3. The van der Waals surface area contributed by atoms with Crippen molar-refractivity contribution in [1.29, 1.82) is 5.26 Å². The number of hydrogen-bond donors (Lipinski definition) is 2. The lowest BCUT2D eigenvalue weighted by Crippen LogP contribution is -2.43. The molecular weight excluding hydrogens is 474 g/mol. The molecule has 1 saturated heterocycles. The lowest BCUT2D eigenvalue weighted by atomic mass is 9.96. The Kier molecular flexibility index (Phi) is 6.40. The second-order valence-corrected chi connectivity index (χ2v) is 10.2. The van der Waals surface area contributed by atoms with Gasteiger partial charge in [-0.05, 0) is 56.5 Å². The molecule has 1 atom stereocenters. The van der Waals surface area contributed by atoms with Crippen LogP contribution in [0, 0.1) is 23.0 Å². The van der Waals surface area contributed by atoms with Gasteiger partial charge in [0.1, 0.15) is 17.7 Å². The number of aromatic nitrogens is 3. The van der Waals surface area contributed by atoms with E-state index in [0.717, 1.165) is 19.4 Å². The van der Waals surface area contributed by atoms with Crippen molar-refractivity contribution < 1.29 is 13.9 Å². The second-order valence-electron chi connectivity index (χ2n) is 10.2. The highest BCUT2D eigenvalue weighted by Crippen LogP contribution is 2.37. The van der Waals surface area contributed by atoms with E-state index in [1.54, 1.807) is 48.8 Å². The van der Waals surface area contributed by atoms with Crippen LogP contribution < -0.4 is 10.6 Å². The molecule has 1 unspecified atom stereocenters. The first kappa shape index (κ1) is 24.8. The van der Waals surface area contributed by atoms with Crippen LogP contribution in [-0.4, -0.2) is 44.2 Å². The van der Waals surface area contributed by atoms with Crippen molar-refractivity contribution in [2.75, 3.05) is 18.0 Å². The number of hydrogen-bond acceptors (Lipinski definition) is 6. The Hall–Kier alpha value is -3.87. The third-order valence-corrected chi connectivity index (χ3v) is 6.57. The Morgan fingerprint density at radius 2 is 2.00 bits per heavy atom. The molecule has 0 amide bonds. The Balaban J connectivity index is 1.73. The van der Waals surface area contributed by atoms with Gasteiger partial charge in [-0.15, -0.1) is 0 Å². The van der Waals surface area contributed by atoms with Gasteiger partial charge < -0.3 is 15.7 Å². The highest BCUT2D eigenvalue weighted by Gasteiger charge is 2.26. The summed E-state index contributed by atoms with van der Waals surface area (Å²) >= 11 is 0. The summed E-state index contributed by atoms with van der Waals surface area (Å²) in [4.78, 5) is 11.5. The monoisotopic (exact) mass is 502 g/mol. The highest BCUT2D eigenvalue weighted by molar-refractivity contribution is 5.85. The number of nitriles is 1. The van der Waals surface area contributed by atoms with Gasteiger partial charge in [0.2, 0.25) is 0 Å². The molecule has 3 N–H and O–H groups in total. The van der Waals surface area contributed by atoms with Gasteiger partial charge in [-0.3, -0.25) is 4.40 Å². The number of nitrogens with zero attached hydrogens (tertiary/aromatic N) is 5. The van der Waals surface area contributed by atoms with Crippen molar-refractivity contribution >= 4 is 11.5 Å². The second kappa shape index (κ2) is 9.54. The number of aliphatic hydroxyl groups is 1. The van der Waals surface area contributed by atoms with Gasteiger partial charge in [-0.1, -0.05) is 12.1 Å². The summed E-state index contributed by atoms with van der Waals surface area (Å²) in [5.74, 6) is -0.542. The number of rotatable bonds is 5. The van der Waals surface area contributed by atoms with Crippen LogP contribution in [-0.2, 0) is 6.42 Å². The van der Waals surface area contributed by atoms with Gasteiger partial charge in [0.05, 0.1) is 22.6 Å². The molecule has 2 aromatic heterocycles. The number of anilines is 1. The van der Waals surface area contributed by atoms with E-state index in [1.165, 1.54) is 18.2 Å². The van der Waals surface area contributed by atoms with Crippen LogP contribution in [0.3, 0.4) is 0 Å². The number of benzene rings is 2. The van der Waals surface area contributed by atoms with Crippen LogP contribution in [0.15, 0.2) is 48.8 Å². The summed E-state index contributed by atoms with van der Waals surface area (Å²) in [6, 6.07) is 10.9. The molecule has 4 aromatic rings. The quantitative estimate of drug-likeness (QED) is 0.418.